The van der Waals surface area contributed by atoms with E-state index in [0.29, 0.717) is 31.9 Å². The molecule has 3 heterocycles. The van der Waals surface area contributed by atoms with Crippen molar-refractivity contribution in [3.8, 4) is 0 Å². The topological polar surface area (TPSA) is 36.7 Å². The van der Waals surface area contributed by atoms with Gasteiger partial charge in [0, 0.05) is 56.7 Å². The van der Waals surface area contributed by atoms with Crippen LogP contribution >= 0.6 is 0 Å². The van der Waals surface area contributed by atoms with Crippen molar-refractivity contribution in [2.45, 2.75) is 6.18 Å². The molecule has 2 aromatic heterocycles. The molecule has 1 fully saturated rings. The van der Waals surface area contributed by atoms with Crippen molar-refractivity contribution in [3.63, 3.8) is 0 Å². The second-order valence-electron chi connectivity index (χ2n) is 5.93. The zero-order valence-corrected chi connectivity index (χ0v) is 13.3. The number of nitrogens with zero attached hydrogens (tertiary/aromatic N) is 5. The molecule has 8 heteroatoms. The highest BCUT2D eigenvalue weighted by molar-refractivity contribution is 5.64. The van der Waals surface area contributed by atoms with E-state index in [2.05, 4.69) is 14.9 Å². The largest absolute Gasteiger partial charge is 0.416 e. The zero-order chi connectivity index (χ0) is 17.4. The molecule has 0 saturated carbocycles. The number of alkyl halides is 3. The molecule has 0 N–H and O–H groups in total. The van der Waals surface area contributed by atoms with Crippen LogP contribution in [0.3, 0.4) is 0 Å². The Morgan fingerprint density at radius 1 is 0.880 bits per heavy atom. The van der Waals surface area contributed by atoms with Crippen LogP contribution in [-0.4, -0.2) is 40.5 Å². The highest BCUT2D eigenvalue weighted by atomic mass is 19.4. The summed E-state index contributed by atoms with van der Waals surface area (Å²) in [6.45, 7) is 2.61. The second kappa shape index (κ2) is 5.94. The van der Waals surface area contributed by atoms with Crippen LogP contribution in [0.4, 0.5) is 24.7 Å². The first-order valence-corrected chi connectivity index (χ1v) is 7.97. The Morgan fingerprint density at radius 2 is 1.56 bits per heavy atom. The Labute approximate surface area is 142 Å². The molecular formula is C17H16F3N5. The van der Waals surface area contributed by atoms with Gasteiger partial charge in [-0.25, -0.2) is 9.97 Å². The van der Waals surface area contributed by atoms with Gasteiger partial charge in [0.15, 0.2) is 11.5 Å². The monoisotopic (exact) mass is 347 g/mol. The number of piperazine rings is 1. The van der Waals surface area contributed by atoms with E-state index in [4.69, 9.17) is 0 Å². The van der Waals surface area contributed by atoms with Crippen LogP contribution in [0.1, 0.15) is 5.56 Å². The standard InChI is InChI=1S/C17H16F3N5/c18-17(19,20)13-2-1-3-14(12-13)23-8-10-25(11-9-23)16-15-21-4-6-24(15)7-5-22-16/h1-7,12H,8-11H2. The van der Waals surface area contributed by atoms with Gasteiger partial charge in [-0.05, 0) is 18.2 Å². The maximum atomic E-state index is 12.9. The summed E-state index contributed by atoms with van der Waals surface area (Å²) in [6, 6.07) is 5.49. The zero-order valence-electron chi connectivity index (χ0n) is 13.3. The lowest BCUT2D eigenvalue weighted by Crippen LogP contribution is -2.47. The molecule has 3 aromatic rings. The van der Waals surface area contributed by atoms with Crippen LogP contribution in [0.2, 0.25) is 0 Å². The summed E-state index contributed by atoms with van der Waals surface area (Å²) in [4.78, 5) is 12.8. The van der Waals surface area contributed by atoms with Crippen LogP contribution in [-0.2, 0) is 6.18 Å². The van der Waals surface area contributed by atoms with Crippen molar-refractivity contribution in [2.75, 3.05) is 36.0 Å². The average Bonchev–Trinajstić information content (AvgIpc) is 3.10. The quantitative estimate of drug-likeness (QED) is 0.714. The van der Waals surface area contributed by atoms with Gasteiger partial charge in [0.25, 0.3) is 0 Å². The summed E-state index contributed by atoms with van der Waals surface area (Å²) < 4.78 is 40.6. The predicted molar refractivity (Wildman–Crippen MR) is 88.9 cm³/mol. The fraction of sp³-hybridized carbons (Fsp3) is 0.294. The number of benzene rings is 1. The first kappa shape index (κ1) is 15.7. The molecule has 5 nitrogen and oxygen atoms in total. The SMILES string of the molecule is FC(F)(F)c1cccc(N2CCN(c3nccn4ccnc34)CC2)c1. The van der Waals surface area contributed by atoms with Crippen LogP contribution in [0, 0.1) is 0 Å². The van der Waals surface area contributed by atoms with E-state index in [0.717, 1.165) is 17.5 Å². The van der Waals surface area contributed by atoms with Crippen molar-refractivity contribution >= 4 is 17.2 Å². The Hall–Kier alpha value is -2.77. The van der Waals surface area contributed by atoms with E-state index in [1.165, 1.54) is 12.1 Å². The number of anilines is 2. The van der Waals surface area contributed by atoms with Crippen LogP contribution < -0.4 is 9.80 Å². The molecular weight excluding hydrogens is 331 g/mol. The number of hydrogen-bond acceptors (Lipinski definition) is 4. The minimum absolute atomic E-state index is 0.599. The van der Waals surface area contributed by atoms with E-state index in [1.54, 1.807) is 18.5 Å². The third-order valence-corrected chi connectivity index (χ3v) is 4.41. The second-order valence-corrected chi connectivity index (χ2v) is 5.93. The van der Waals surface area contributed by atoms with E-state index >= 15 is 0 Å². The minimum Gasteiger partial charge on any atom is -0.368 e. The maximum absolute atomic E-state index is 12.9. The first-order chi connectivity index (χ1) is 12.0. The summed E-state index contributed by atoms with van der Waals surface area (Å²) in [5.74, 6) is 0.802. The molecule has 0 amide bonds. The van der Waals surface area contributed by atoms with E-state index in [9.17, 15) is 13.2 Å². The summed E-state index contributed by atoms with van der Waals surface area (Å²) in [6.07, 6.45) is 2.82. The molecule has 0 spiro atoms. The molecule has 1 saturated heterocycles. The molecule has 1 aromatic carbocycles. The fourth-order valence-corrected chi connectivity index (χ4v) is 3.12. The third kappa shape index (κ3) is 2.99. The van der Waals surface area contributed by atoms with Crippen molar-refractivity contribution < 1.29 is 13.2 Å². The van der Waals surface area contributed by atoms with Crippen LogP contribution in [0.15, 0.2) is 49.1 Å². The lowest BCUT2D eigenvalue weighted by Gasteiger charge is -2.36. The molecule has 0 atom stereocenters. The number of fused-ring (bicyclic) bond motifs is 1. The van der Waals surface area contributed by atoms with Gasteiger partial charge >= 0.3 is 6.18 Å². The van der Waals surface area contributed by atoms with Gasteiger partial charge in [-0.1, -0.05) is 6.07 Å². The average molecular weight is 347 g/mol. The third-order valence-electron chi connectivity index (χ3n) is 4.41. The molecule has 0 radical (unpaired) electrons. The van der Waals surface area contributed by atoms with E-state index < -0.39 is 11.7 Å². The normalized spacial score (nSPS) is 15.8. The predicted octanol–water partition coefficient (Wildman–Crippen LogP) is 3.07. The van der Waals surface area contributed by atoms with Crippen LogP contribution in [0.5, 0.6) is 0 Å². The van der Waals surface area contributed by atoms with Gasteiger partial charge in [0.1, 0.15) is 0 Å². The molecule has 0 unspecified atom stereocenters. The Kier molecular flexibility index (Phi) is 3.74. The highest BCUT2D eigenvalue weighted by Gasteiger charge is 2.31. The van der Waals surface area contributed by atoms with Gasteiger partial charge in [0.2, 0.25) is 0 Å². The number of aromatic nitrogens is 3. The molecule has 0 aliphatic carbocycles. The van der Waals surface area contributed by atoms with Gasteiger partial charge in [-0.3, -0.25) is 0 Å². The van der Waals surface area contributed by atoms with Crippen molar-refractivity contribution in [3.05, 3.63) is 54.6 Å². The van der Waals surface area contributed by atoms with Crippen LogP contribution in [0.25, 0.3) is 5.65 Å². The molecule has 1 aliphatic rings. The summed E-state index contributed by atoms with van der Waals surface area (Å²) >= 11 is 0. The van der Waals surface area contributed by atoms with Gasteiger partial charge in [0.05, 0.1) is 5.56 Å². The Bertz CT molecular complexity index is 881. The lowest BCUT2D eigenvalue weighted by atomic mass is 10.1. The van der Waals surface area contributed by atoms with Gasteiger partial charge in [-0.2, -0.15) is 13.2 Å². The Morgan fingerprint density at radius 3 is 2.28 bits per heavy atom. The number of imidazole rings is 1. The highest BCUT2D eigenvalue weighted by Crippen LogP contribution is 2.32. The van der Waals surface area contributed by atoms with Gasteiger partial charge < -0.3 is 14.2 Å². The maximum Gasteiger partial charge on any atom is 0.416 e. The molecule has 4 rings (SSSR count). The summed E-state index contributed by atoms with van der Waals surface area (Å²) in [5, 5.41) is 0. The van der Waals surface area contributed by atoms with Crippen molar-refractivity contribution in [1.82, 2.24) is 14.4 Å². The summed E-state index contributed by atoms with van der Waals surface area (Å²) in [7, 11) is 0. The Balaban J connectivity index is 1.51. The number of halogens is 3. The fourth-order valence-electron chi connectivity index (χ4n) is 3.12. The smallest absolute Gasteiger partial charge is 0.368 e. The molecule has 130 valence electrons. The molecule has 1 aliphatic heterocycles. The lowest BCUT2D eigenvalue weighted by molar-refractivity contribution is -0.137. The van der Waals surface area contributed by atoms with E-state index in [-0.39, 0.29) is 0 Å². The number of rotatable bonds is 2. The minimum atomic E-state index is -4.32. The molecule has 0 bridgehead atoms. The molecule has 25 heavy (non-hydrogen) atoms. The van der Waals surface area contributed by atoms with Crippen molar-refractivity contribution in [1.29, 1.82) is 0 Å². The number of hydrogen-bond donors (Lipinski definition) is 0. The van der Waals surface area contributed by atoms with Crippen molar-refractivity contribution in [2.24, 2.45) is 0 Å². The van der Waals surface area contributed by atoms with E-state index in [1.807, 2.05) is 21.7 Å². The van der Waals surface area contributed by atoms with Gasteiger partial charge in [-0.15, -0.1) is 0 Å². The summed E-state index contributed by atoms with van der Waals surface area (Å²) in [5.41, 5.74) is 0.771. The first-order valence-electron chi connectivity index (χ1n) is 7.97.